The van der Waals surface area contributed by atoms with Gasteiger partial charge < -0.3 is 14.1 Å². The zero-order valence-corrected chi connectivity index (χ0v) is 16.1. The molecule has 30 heavy (non-hydrogen) atoms. The molecule has 0 spiro atoms. The lowest BCUT2D eigenvalue weighted by Gasteiger charge is -2.12. The van der Waals surface area contributed by atoms with Crippen molar-refractivity contribution in [3.05, 3.63) is 83.5 Å². The normalized spacial score (nSPS) is 12.4. The molecule has 0 aliphatic heterocycles. The van der Waals surface area contributed by atoms with E-state index >= 15 is 0 Å². The summed E-state index contributed by atoms with van der Waals surface area (Å²) in [6.07, 6.45) is 7.17. The van der Waals surface area contributed by atoms with Crippen LogP contribution in [0.2, 0.25) is 0 Å². The lowest BCUT2D eigenvalue weighted by Crippen LogP contribution is -2.29. The molecule has 0 bridgehead atoms. The number of imidazole rings is 1. The first kappa shape index (κ1) is 17.9. The molecule has 1 aromatic carbocycles. The first-order valence-corrected chi connectivity index (χ1v) is 9.44. The van der Waals surface area contributed by atoms with Gasteiger partial charge >= 0.3 is 5.76 Å². The van der Waals surface area contributed by atoms with Gasteiger partial charge in [0, 0.05) is 18.6 Å². The third kappa shape index (κ3) is 3.16. The SMILES string of the molecule is CC(C(=O)Nc1cnn(Cc2cn3ccccc3n2)c1)n1c(=O)oc2ccccc21. The van der Waals surface area contributed by atoms with E-state index in [-0.39, 0.29) is 5.91 Å². The average molecular weight is 402 g/mol. The Morgan fingerprint density at radius 3 is 2.87 bits per heavy atom. The second-order valence-corrected chi connectivity index (χ2v) is 7.00. The van der Waals surface area contributed by atoms with Crippen LogP contribution in [0.4, 0.5) is 5.69 Å². The van der Waals surface area contributed by atoms with E-state index in [0.717, 1.165) is 11.3 Å². The summed E-state index contributed by atoms with van der Waals surface area (Å²) in [5, 5.41) is 7.10. The second kappa shape index (κ2) is 7.03. The van der Waals surface area contributed by atoms with Gasteiger partial charge in [0.15, 0.2) is 5.58 Å². The van der Waals surface area contributed by atoms with Crippen LogP contribution in [0.15, 0.2) is 76.5 Å². The van der Waals surface area contributed by atoms with E-state index in [0.29, 0.717) is 23.3 Å². The molecule has 0 aliphatic rings. The van der Waals surface area contributed by atoms with Crippen molar-refractivity contribution in [2.24, 2.45) is 0 Å². The molecule has 0 saturated heterocycles. The Kier molecular flexibility index (Phi) is 4.20. The fourth-order valence-electron chi connectivity index (χ4n) is 3.46. The number of fused-ring (bicyclic) bond motifs is 2. The number of aromatic nitrogens is 5. The first-order chi connectivity index (χ1) is 14.6. The van der Waals surface area contributed by atoms with Crippen molar-refractivity contribution in [1.82, 2.24) is 23.7 Å². The van der Waals surface area contributed by atoms with E-state index in [1.807, 2.05) is 35.0 Å². The number of anilines is 1. The second-order valence-electron chi connectivity index (χ2n) is 7.00. The third-order valence-electron chi connectivity index (χ3n) is 4.92. The van der Waals surface area contributed by atoms with Gasteiger partial charge in [0.2, 0.25) is 5.91 Å². The molecule has 4 heterocycles. The van der Waals surface area contributed by atoms with Gasteiger partial charge in [-0.3, -0.25) is 14.0 Å². The summed E-state index contributed by atoms with van der Waals surface area (Å²) >= 11 is 0. The van der Waals surface area contributed by atoms with E-state index in [4.69, 9.17) is 4.42 Å². The van der Waals surface area contributed by atoms with Crippen LogP contribution in [-0.4, -0.2) is 29.6 Å². The fraction of sp³-hybridized carbons (Fsp3) is 0.143. The summed E-state index contributed by atoms with van der Waals surface area (Å²) in [5.74, 6) is -0.905. The third-order valence-corrected chi connectivity index (χ3v) is 4.92. The molecule has 1 amide bonds. The summed E-state index contributed by atoms with van der Waals surface area (Å²) in [6, 6.07) is 12.1. The molecule has 1 unspecified atom stereocenters. The lowest BCUT2D eigenvalue weighted by molar-refractivity contribution is -0.118. The van der Waals surface area contributed by atoms with Crippen molar-refractivity contribution in [3.63, 3.8) is 0 Å². The molecule has 1 atom stereocenters. The number of carbonyl (C=O) groups is 1. The van der Waals surface area contributed by atoms with Crippen LogP contribution in [0.25, 0.3) is 16.7 Å². The predicted molar refractivity (Wildman–Crippen MR) is 110 cm³/mol. The Balaban J connectivity index is 1.32. The topological polar surface area (TPSA) is 99.4 Å². The Labute approximate surface area is 170 Å². The van der Waals surface area contributed by atoms with E-state index in [1.54, 1.807) is 48.3 Å². The maximum Gasteiger partial charge on any atom is 0.420 e. The smallest absolute Gasteiger partial charge is 0.408 e. The van der Waals surface area contributed by atoms with E-state index < -0.39 is 11.8 Å². The van der Waals surface area contributed by atoms with Crippen LogP contribution < -0.4 is 11.1 Å². The van der Waals surface area contributed by atoms with Gasteiger partial charge in [-0.25, -0.2) is 9.78 Å². The molecule has 0 fully saturated rings. The molecule has 5 aromatic rings. The Morgan fingerprint density at radius 1 is 1.17 bits per heavy atom. The Hall–Kier alpha value is -4.14. The summed E-state index contributed by atoms with van der Waals surface area (Å²) in [5.41, 5.74) is 3.28. The first-order valence-electron chi connectivity index (χ1n) is 9.44. The van der Waals surface area contributed by atoms with Crippen molar-refractivity contribution in [2.45, 2.75) is 19.5 Å². The number of nitrogens with zero attached hydrogens (tertiary/aromatic N) is 5. The van der Waals surface area contributed by atoms with E-state index in [1.165, 1.54) is 4.57 Å². The summed E-state index contributed by atoms with van der Waals surface area (Å²) < 4.78 is 10.2. The largest absolute Gasteiger partial charge is 0.420 e. The number of hydrogen-bond acceptors (Lipinski definition) is 5. The molecule has 5 rings (SSSR count). The number of hydrogen-bond donors (Lipinski definition) is 1. The summed E-state index contributed by atoms with van der Waals surface area (Å²) in [4.78, 5) is 29.5. The van der Waals surface area contributed by atoms with Gasteiger partial charge in [0.05, 0.1) is 29.6 Å². The average Bonchev–Trinajstić information content (AvgIpc) is 3.43. The number of amides is 1. The fourth-order valence-corrected chi connectivity index (χ4v) is 3.46. The number of rotatable bonds is 5. The van der Waals surface area contributed by atoms with Crippen LogP contribution >= 0.6 is 0 Å². The minimum atomic E-state index is -0.747. The monoisotopic (exact) mass is 402 g/mol. The van der Waals surface area contributed by atoms with Crippen LogP contribution in [0.5, 0.6) is 0 Å². The molecule has 1 N–H and O–H groups in total. The van der Waals surface area contributed by atoms with Crippen molar-refractivity contribution < 1.29 is 9.21 Å². The Bertz CT molecular complexity index is 1390. The molecule has 150 valence electrons. The highest BCUT2D eigenvalue weighted by atomic mass is 16.4. The molecule has 0 aliphatic carbocycles. The predicted octanol–water partition coefficient (Wildman–Crippen LogP) is 2.69. The highest BCUT2D eigenvalue weighted by Gasteiger charge is 2.21. The molecule has 9 heteroatoms. The van der Waals surface area contributed by atoms with Gasteiger partial charge in [-0.05, 0) is 31.2 Å². The number of carbonyl (C=O) groups excluding carboxylic acids is 1. The molecular formula is C21H18N6O3. The van der Waals surface area contributed by atoms with Crippen molar-refractivity contribution in [2.75, 3.05) is 5.32 Å². The van der Waals surface area contributed by atoms with Gasteiger partial charge in [-0.2, -0.15) is 5.10 Å². The number of oxazole rings is 1. The minimum Gasteiger partial charge on any atom is -0.408 e. The zero-order valence-electron chi connectivity index (χ0n) is 16.1. The molecule has 9 nitrogen and oxygen atoms in total. The zero-order chi connectivity index (χ0) is 20.7. The maximum atomic E-state index is 12.7. The quantitative estimate of drug-likeness (QED) is 0.487. The standard InChI is InChI=1S/C21H18N6O3/c1-14(27-17-6-2-3-7-18(17)30-21(27)29)20(28)24-15-10-22-26(12-15)13-16-11-25-9-5-4-8-19(25)23-16/h2-12,14H,13H2,1H3,(H,24,28). The minimum absolute atomic E-state index is 0.337. The van der Waals surface area contributed by atoms with Crippen LogP contribution in [-0.2, 0) is 11.3 Å². The highest BCUT2D eigenvalue weighted by Crippen LogP contribution is 2.18. The molecule has 0 radical (unpaired) electrons. The van der Waals surface area contributed by atoms with Crippen molar-refractivity contribution in [3.8, 4) is 0 Å². The van der Waals surface area contributed by atoms with Crippen molar-refractivity contribution in [1.29, 1.82) is 0 Å². The molecule has 4 aromatic heterocycles. The number of benzene rings is 1. The lowest BCUT2D eigenvalue weighted by atomic mass is 10.2. The van der Waals surface area contributed by atoms with Crippen LogP contribution in [0.3, 0.4) is 0 Å². The number of para-hydroxylation sites is 2. The Morgan fingerprint density at radius 2 is 2.00 bits per heavy atom. The van der Waals surface area contributed by atoms with Crippen molar-refractivity contribution >= 4 is 28.3 Å². The number of nitrogens with one attached hydrogen (secondary N) is 1. The molecular weight excluding hydrogens is 384 g/mol. The summed E-state index contributed by atoms with van der Waals surface area (Å²) in [6.45, 7) is 2.12. The van der Waals surface area contributed by atoms with Gasteiger partial charge in [0.1, 0.15) is 11.7 Å². The van der Waals surface area contributed by atoms with E-state index in [9.17, 15) is 9.59 Å². The van der Waals surface area contributed by atoms with Crippen LogP contribution in [0, 0.1) is 0 Å². The highest BCUT2D eigenvalue weighted by molar-refractivity contribution is 5.94. The molecule has 0 saturated carbocycles. The van der Waals surface area contributed by atoms with E-state index in [2.05, 4.69) is 15.4 Å². The number of pyridine rings is 1. The van der Waals surface area contributed by atoms with Gasteiger partial charge in [0.25, 0.3) is 0 Å². The maximum absolute atomic E-state index is 12.7. The summed E-state index contributed by atoms with van der Waals surface area (Å²) in [7, 11) is 0. The van der Waals surface area contributed by atoms with Gasteiger partial charge in [-0.15, -0.1) is 0 Å². The van der Waals surface area contributed by atoms with Gasteiger partial charge in [-0.1, -0.05) is 18.2 Å². The van der Waals surface area contributed by atoms with Crippen LogP contribution in [0.1, 0.15) is 18.7 Å².